The smallest absolute Gasteiger partial charge is 0.321 e. The Labute approximate surface area is 195 Å². The van der Waals surface area contributed by atoms with E-state index in [0.717, 1.165) is 33.8 Å². The number of fused-ring (bicyclic) bond motifs is 1. The van der Waals surface area contributed by atoms with E-state index in [1.54, 1.807) is 36.0 Å². The second-order valence-corrected chi connectivity index (χ2v) is 8.85. The van der Waals surface area contributed by atoms with Crippen molar-refractivity contribution >= 4 is 39.1 Å². The van der Waals surface area contributed by atoms with Crippen molar-refractivity contribution in [3.8, 4) is 10.6 Å². The number of benzene rings is 2. The average molecular weight is 464 g/mol. The van der Waals surface area contributed by atoms with E-state index in [2.05, 4.69) is 33.6 Å². The quantitative estimate of drug-likeness (QED) is 0.308. The molecule has 2 heterocycles. The summed E-state index contributed by atoms with van der Waals surface area (Å²) in [6, 6.07) is 12.7. The van der Waals surface area contributed by atoms with E-state index >= 15 is 0 Å². The van der Waals surface area contributed by atoms with E-state index in [4.69, 9.17) is 0 Å². The number of carboxylic acids is 1. The Hall–Kier alpha value is -3.56. The first-order valence-corrected chi connectivity index (χ1v) is 11.5. The molecule has 4 aromatic rings. The molecule has 0 fully saturated rings. The van der Waals surface area contributed by atoms with Gasteiger partial charge in [-0.2, -0.15) is 0 Å². The van der Waals surface area contributed by atoms with Crippen LogP contribution in [0.1, 0.15) is 18.4 Å². The maximum atomic E-state index is 12.4. The lowest BCUT2D eigenvalue weighted by atomic mass is 10.1. The molecule has 2 aromatic heterocycles. The van der Waals surface area contributed by atoms with Gasteiger partial charge in [0.1, 0.15) is 11.0 Å². The standard InChI is InChI=1S/C24H25N5O3S/c1-16-3-8-19-21(13-16)33-23(28-19)17-4-6-18(7-5-17)27-22(30)14-20(24(31)32)26-9-2-11-29-12-10-25-15-29/h3-8,10,12-13,15,20,26H,2,9,11,14H2,1H3,(H,27,30)(H,31,32). The summed E-state index contributed by atoms with van der Waals surface area (Å²) in [5.41, 5.74) is 3.75. The number of aromatic nitrogens is 3. The Balaban J connectivity index is 1.30. The number of carboxylic acid groups (broad SMARTS) is 1. The number of nitrogens with zero attached hydrogens (tertiary/aromatic N) is 3. The van der Waals surface area contributed by atoms with Crippen LogP contribution in [0.3, 0.4) is 0 Å². The SMILES string of the molecule is Cc1ccc2nc(-c3ccc(NC(=O)CC(NCCCn4ccnc4)C(=O)O)cc3)sc2c1. The zero-order chi connectivity index (χ0) is 23.2. The summed E-state index contributed by atoms with van der Waals surface area (Å²) in [4.78, 5) is 32.6. The average Bonchev–Trinajstić information content (AvgIpc) is 3.45. The topological polar surface area (TPSA) is 109 Å². The Morgan fingerprint density at radius 2 is 2.00 bits per heavy atom. The highest BCUT2D eigenvalue weighted by Gasteiger charge is 2.20. The van der Waals surface area contributed by atoms with Gasteiger partial charge in [0.2, 0.25) is 5.91 Å². The van der Waals surface area contributed by atoms with Gasteiger partial charge in [-0.15, -0.1) is 11.3 Å². The summed E-state index contributed by atoms with van der Waals surface area (Å²) in [5, 5.41) is 16.1. The number of hydrogen-bond acceptors (Lipinski definition) is 6. The maximum Gasteiger partial charge on any atom is 0.321 e. The molecule has 9 heteroatoms. The van der Waals surface area contributed by atoms with Gasteiger partial charge in [-0.1, -0.05) is 6.07 Å². The molecule has 0 bridgehead atoms. The highest BCUT2D eigenvalue weighted by atomic mass is 32.1. The number of aryl methyl sites for hydroxylation is 2. The minimum absolute atomic E-state index is 0.153. The first-order chi connectivity index (χ1) is 16.0. The van der Waals surface area contributed by atoms with E-state index in [1.165, 1.54) is 5.56 Å². The van der Waals surface area contributed by atoms with Crippen molar-refractivity contribution in [3.63, 3.8) is 0 Å². The molecule has 0 aliphatic rings. The van der Waals surface area contributed by atoms with E-state index < -0.39 is 12.0 Å². The third-order valence-electron chi connectivity index (χ3n) is 5.19. The Bertz CT molecular complexity index is 1230. The zero-order valence-corrected chi connectivity index (χ0v) is 19.0. The van der Waals surface area contributed by atoms with Crippen molar-refractivity contribution in [2.45, 2.75) is 32.4 Å². The summed E-state index contributed by atoms with van der Waals surface area (Å²) >= 11 is 1.63. The Morgan fingerprint density at radius 3 is 2.73 bits per heavy atom. The van der Waals surface area contributed by atoms with E-state index in [-0.39, 0.29) is 12.3 Å². The van der Waals surface area contributed by atoms with Crippen LogP contribution in [0.25, 0.3) is 20.8 Å². The first-order valence-electron chi connectivity index (χ1n) is 10.7. The molecular formula is C24H25N5O3S. The molecule has 0 spiro atoms. The largest absolute Gasteiger partial charge is 0.480 e. The van der Waals surface area contributed by atoms with Gasteiger partial charge in [-0.05, 0) is 61.9 Å². The van der Waals surface area contributed by atoms with Crippen LogP contribution < -0.4 is 10.6 Å². The molecule has 0 saturated carbocycles. The fourth-order valence-corrected chi connectivity index (χ4v) is 4.52. The molecule has 170 valence electrons. The molecule has 0 aliphatic carbocycles. The number of carbonyl (C=O) groups is 2. The molecular weight excluding hydrogens is 438 g/mol. The number of rotatable bonds is 10. The van der Waals surface area contributed by atoms with Crippen molar-refractivity contribution in [1.29, 1.82) is 0 Å². The number of imidazole rings is 1. The van der Waals surface area contributed by atoms with Gasteiger partial charge in [0, 0.05) is 30.2 Å². The molecule has 0 saturated heterocycles. The zero-order valence-electron chi connectivity index (χ0n) is 18.2. The highest BCUT2D eigenvalue weighted by Crippen LogP contribution is 2.31. The van der Waals surface area contributed by atoms with Crippen molar-refractivity contribution < 1.29 is 14.7 Å². The number of thiazole rings is 1. The second-order valence-electron chi connectivity index (χ2n) is 7.82. The number of aliphatic carboxylic acids is 1. The second kappa shape index (κ2) is 10.4. The van der Waals surface area contributed by atoms with Crippen molar-refractivity contribution in [2.75, 3.05) is 11.9 Å². The Kier molecular flexibility index (Phi) is 7.11. The molecule has 3 N–H and O–H groups in total. The number of carbonyl (C=O) groups excluding carboxylic acids is 1. The van der Waals surface area contributed by atoms with Crippen LogP contribution in [0.5, 0.6) is 0 Å². The van der Waals surface area contributed by atoms with Gasteiger partial charge >= 0.3 is 5.97 Å². The van der Waals surface area contributed by atoms with Gasteiger partial charge in [0.05, 0.1) is 23.0 Å². The summed E-state index contributed by atoms with van der Waals surface area (Å²) < 4.78 is 3.06. The third-order valence-corrected chi connectivity index (χ3v) is 6.26. The number of anilines is 1. The molecule has 4 rings (SSSR count). The minimum atomic E-state index is -1.05. The van der Waals surface area contributed by atoms with E-state index in [0.29, 0.717) is 12.2 Å². The lowest BCUT2D eigenvalue weighted by molar-refractivity contribution is -0.141. The predicted molar refractivity (Wildman–Crippen MR) is 129 cm³/mol. The summed E-state index contributed by atoms with van der Waals surface area (Å²) in [5.74, 6) is -1.40. The summed E-state index contributed by atoms with van der Waals surface area (Å²) in [7, 11) is 0. The molecule has 2 aromatic carbocycles. The lowest BCUT2D eigenvalue weighted by Crippen LogP contribution is -2.40. The molecule has 1 amide bonds. The highest BCUT2D eigenvalue weighted by molar-refractivity contribution is 7.21. The van der Waals surface area contributed by atoms with Crippen LogP contribution >= 0.6 is 11.3 Å². The molecule has 0 radical (unpaired) electrons. The van der Waals surface area contributed by atoms with E-state index in [1.807, 2.05) is 35.0 Å². The molecule has 0 aliphatic heterocycles. The van der Waals surface area contributed by atoms with Crippen LogP contribution in [0.4, 0.5) is 5.69 Å². The van der Waals surface area contributed by atoms with Crippen LogP contribution in [0.15, 0.2) is 61.2 Å². The number of amides is 1. The van der Waals surface area contributed by atoms with Crippen molar-refractivity contribution in [3.05, 3.63) is 66.7 Å². The molecule has 33 heavy (non-hydrogen) atoms. The number of hydrogen-bond donors (Lipinski definition) is 3. The minimum Gasteiger partial charge on any atom is -0.480 e. The normalized spacial score (nSPS) is 12.0. The van der Waals surface area contributed by atoms with Crippen LogP contribution in [0, 0.1) is 6.92 Å². The van der Waals surface area contributed by atoms with Gasteiger partial charge in [-0.25, -0.2) is 9.97 Å². The summed E-state index contributed by atoms with van der Waals surface area (Å²) in [6.07, 6.45) is 5.84. The fraction of sp³-hybridized carbons (Fsp3) is 0.250. The van der Waals surface area contributed by atoms with Gasteiger partial charge < -0.3 is 20.3 Å². The molecule has 1 unspecified atom stereocenters. The van der Waals surface area contributed by atoms with E-state index in [9.17, 15) is 14.7 Å². The van der Waals surface area contributed by atoms with Gasteiger partial charge in [0.15, 0.2) is 0 Å². The molecule has 1 atom stereocenters. The fourth-order valence-electron chi connectivity index (χ4n) is 3.45. The van der Waals surface area contributed by atoms with Crippen molar-refractivity contribution in [1.82, 2.24) is 19.9 Å². The van der Waals surface area contributed by atoms with Gasteiger partial charge in [-0.3, -0.25) is 9.59 Å². The van der Waals surface area contributed by atoms with Crippen LogP contribution in [0.2, 0.25) is 0 Å². The number of nitrogens with one attached hydrogen (secondary N) is 2. The molecule has 8 nitrogen and oxygen atoms in total. The third kappa shape index (κ3) is 6.03. The summed E-state index contributed by atoms with van der Waals surface area (Å²) in [6.45, 7) is 3.27. The van der Waals surface area contributed by atoms with Gasteiger partial charge in [0.25, 0.3) is 0 Å². The van der Waals surface area contributed by atoms with Crippen LogP contribution in [-0.4, -0.2) is 44.1 Å². The first kappa shape index (κ1) is 22.6. The van der Waals surface area contributed by atoms with Crippen LogP contribution in [-0.2, 0) is 16.1 Å². The van der Waals surface area contributed by atoms with Crippen molar-refractivity contribution in [2.24, 2.45) is 0 Å². The maximum absolute atomic E-state index is 12.4. The monoisotopic (exact) mass is 463 g/mol. The lowest BCUT2D eigenvalue weighted by Gasteiger charge is -2.14. The predicted octanol–water partition coefficient (Wildman–Crippen LogP) is 3.93. The Morgan fingerprint density at radius 1 is 1.18 bits per heavy atom.